The standard InChI is InChI=1S/C25H32N4O7.H2O4S/c1-5-9(2)28-14-8-13(26)19(30)16-11(14)6-10-7-12-18(29(3)4)21(32)17(24(27)35)23(34)25(12,36)22(33)15(10)20(16)31;1-5(2,3)4/h8-10,12,18,28,30-31,34,36H,5-7,26H2,1-4H3,(H2,27,35);(H2,1,2,3,4)/t9?,10?,12?,18-,25-;/m0./s1. The molecule has 0 radical (unpaired) electrons. The van der Waals surface area contributed by atoms with Crippen molar-refractivity contribution in [3.63, 3.8) is 0 Å². The summed E-state index contributed by atoms with van der Waals surface area (Å²) in [5.74, 6) is -6.97. The van der Waals surface area contributed by atoms with E-state index in [-0.39, 0.29) is 35.7 Å². The summed E-state index contributed by atoms with van der Waals surface area (Å²) in [5.41, 5.74) is 8.70. The van der Waals surface area contributed by atoms with Gasteiger partial charge in [-0.15, -0.1) is 0 Å². The van der Waals surface area contributed by atoms with Gasteiger partial charge < -0.3 is 37.2 Å². The summed E-state index contributed by atoms with van der Waals surface area (Å²) in [4.78, 5) is 40.5. The Bertz CT molecular complexity index is 1480. The largest absolute Gasteiger partial charge is 0.508 e. The first-order valence-electron chi connectivity index (χ1n) is 12.5. The van der Waals surface area contributed by atoms with Crippen molar-refractivity contribution in [2.24, 2.45) is 17.6 Å². The molecule has 0 bridgehead atoms. The van der Waals surface area contributed by atoms with E-state index in [1.807, 2.05) is 13.8 Å². The Morgan fingerprint density at radius 3 is 2.27 bits per heavy atom. The molecule has 41 heavy (non-hydrogen) atoms. The van der Waals surface area contributed by atoms with E-state index in [1.54, 1.807) is 20.2 Å². The minimum Gasteiger partial charge on any atom is -0.508 e. The van der Waals surface area contributed by atoms with E-state index in [9.17, 15) is 34.8 Å². The number of aliphatic hydroxyl groups excluding tert-OH is 2. The third-order valence-corrected chi connectivity index (χ3v) is 7.76. The Hall–Kier alpha value is -3.70. The second kappa shape index (κ2) is 10.9. The van der Waals surface area contributed by atoms with Crippen LogP contribution in [0.5, 0.6) is 5.75 Å². The summed E-state index contributed by atoms with van der Waals surface area (Å²) < 4.78 is 31.6. The molecule has 4 rings (SSSR count). The first-order chi connectivity index (χ1) is 18.8. The Morgan fingerprint density at radius 1 is 1.22 bits per heavy atom. The van der Waals surface area contributed by atoms with E-state index in [1.165, 1.54) is 4.90 Å². The van der Waals surface area contributed by atoms with Crippen molar-refractivity contribution in [3.05, 3.63) is 34.1 Å². The molecule has 0 aromatic heterocycles. The van der Waals surface area contributed by atoms with Gasteiger partial charge >= 0.3 is 10.4 Å². The summed E-state index contributed by atoms with van der Waals surface area (Å²) in [6, 6.07) is 0.493. The first kappa shape index (κ1) is 31.8. The van der Waals surface area contributed by atoms with Gasteiger partial charge in [0.15, 0.2) is 11.4 Å². The van der Waals surface area contributed by atoms with Crippen LogP contribution in [0.2, 0.25) is 0 Å². The number of likely N-dealkylation sites (N-methyl/N-ethyl adjacent to an activating group) is 1. The average Bonchev–Trinajstić information content (AvgIpc) is 2.83. The van der Waals surface area contributed by atoms with Gasteiger partial charge in [-0.25, -0.2) is 0 Å². The van der Waals surface area contributed by atoms with Crippen LogP contribution in [0, 0.1) is 11.8 Å². The molecule has 1 aromatic carbocycles. The van der Waals surface area contributed by atoms with Crippen LogP contribution in [0.1, 0.15) is 37.8 Å². The topological polar surface area (TPSA) is 274 Å². The predicted octanol–water partition coefficient (Wildman–Crippen LogP) is 0.104. The van der Waals surface area contributed by atoms with E-state index >= 15 is 0 Å². The zero-order valence-electron chi connectivity index (χ0n) is 22.7. The molecule has 3 aliphatic rings. The quantitative estimate of drug-likeness (QED) is 0.0715. The maximum atomic E-state index is 13.8. The van der Waals surface area contributed by atoms with Crippen molar-refractivity contribution in [1.82, 2.24) is 4.90 Å². The van der Waals surface area contributed by atoms with Crippen LogP contribution in [-0.4, -0.2) is 92.1 Å². The van der Waals surface area contributed by atoms with Crippen molar-refractivity contribution in [2.45, 2.75) is 50.8 Å². The number of aromatic hydroxyl groups is 1. The molecule has 1 aromatic rings. The SMILES string of the molecule is CCC(C)Nc1cc(N)c(O)c2c1CC1CC3[C@H](N(C)C)C(=O)C(C(N)=O)=C(O)[C@@]3(O)C(=O)C1=C2O.O=S(=O)(O)O. The molecule has 15 nitrogen and oxygen atoms in total. The Kier molecular flexibility index (Phi) is 8.49. The lowest BCUT2D eigenvalue weighted by Gasteiger charge is -2.50. The molecule has 0 spiro atoms. The minimum atomic E-state index is -4.67. The summed E-state index contributed by atoms with van der Waals surface area (Å²) in [7, 11) is -1.55. The second-order valence-electron chi connectivity index (χ2n) is 10.6. The average molecular weight is 599 g/mol. The zero-order chi connectivity index (χ0) is 31.4. The number of hydrogen-bond acceptors (Lipinski definition) is 12. The van der Waals surface area contributed by atoms with Gasteiger partial charge in [0.1, 0.15) is 22.8 Å². The Labute approximate surface area is 235 Å². The van der Waals surface area contributed by atoms with Gasteiger partial charge in [-0.2, -0.15) is 8.42 Å². The Balaban J connectivity index is 0.000000850. The smallest absolute Gasteiger partial charge is 0.394 e. The number of phenols is 1. The number of nitrogens with one attached hydrogen (secondary N) is 1. The number of benzene rings is 1. The van der Waals surface area contributed by atoms with E-state index in [4.69, 9.17) is 29.0 Å². The molecule has 1 amide bonds. The first-order valence-corrected chi connectivity index (χ1v) is 13.9. The fraction of sp³-hybridized carbons (Fsp3) is 0.480. The van der Waals surface area contributed by atoms with Crippen molar-refractivity contribution in [1.29, 1.82) is 0 Å². The van der Waals surface area contributed by atoms with E-state index in [2.05, 4.69) is 5.32 Å². The molecule has 16 heteroatoms. The van der Waals surface area contributed by atoms with E-state index in [0.29, 0.717) is 11.3 Å². The van der Waals surface area contributed by atoms with Gasteiger partial charge in [-0.1, -0.05) is 6.92 Å². The van der Waals surface area contributed by atoms with Gasteiger partial charge in [-0.3, -0.25) is 28.4 Å². The zero-order valence-corrected chi connectivity index (χ0v) is 23.6. The number of rotatable bonds is 5. The van der Waals surface area contributed by atoms with Crippen LogP contribution in [0.15, 0.2) is 23.0 Å². The van der Waals surface area contributed by atoms with Crippen LogP contribution in [0.25, 0.3) is 5.76 Å². The molecule has 11 N–H and O–H groups in total. The fourth-order valence-corrected chi connectivity index (χ4v) is 5.83. The van der Waals surface area contributed by atoms with Gasteiger partial charge in [-0.05, 0) is 57.8 Å². The van der Waals surface area contributed by atoms with Crippen molar-refractivity contribution >= 4 is 45.0 Å². The number of ketones is 2. The number of hydrogen-bond donors (Lipinski definition) is 9. The highest BCUT2D eigenvalue weighted by Gasteiger charge is 2.64. The highest BCUT2D eigenvalue weighted by molar-refractivity contribution is 7.79. The molecule has 0 heterocycles. The third-order valence-electron chi connectivity index (χ3n) is 7.76. The maximum Gasteiger partial charge on any atom is 0.394 e. The number of carbonyl (C=O) groups is 3. The molecule has 1 fully saturated rings. The number of amides is 1. The molecule has 0 aliphatic heterocycles. The van der Waals surface area contributed by atoms with Crippen LogP contribution in [-0.2, 0) is 31.2 Å². The van der Waals surface area contributed by atoms with Crippen molar-refractivity contribution in [2.75, 3.05) is 25.1 Å². The number of fused-ring (bicyclic) bond motifs is 3. The lowest BCUT2D eigenvalue weighted by molar-refractivity contribution is -0.153. The lowest BCUT2D eigenvalue weighted by Crippen LogP contribution is -2.65. The van der Waals surface area contributed by atoms with Crippen molar-refractivity contribution < 1.29 is 52.3 Å². The molecule has 3 unspecified atom stereocenters. The number of phenolic OH excluding ortho intramolecular Hbond substituents is 1. The predicted molar refractivity (Wildman–Crippen MR) is 146 cm³/mol. The van der Waals surface area contributed by atoms with Crippen LogP contribution in [0.4, 0.5) is 11.4 Å². The Morgan fingerprint density at radius 2 is 1.78 bits per heavy atom. The molecule has 226 valence electrons. The summed E-state index contributed by atoms with van der Waals surface area (Å²) in [5, 5.41) is 47.8. The maximum absolute atomic E-state index is 13.8. The third kappa shape index (κ3) is 5.48. The molecule has 3 aliphatic carbocycles. The van der Waals surface area contributed by atoms with Crippen LogP contribution in [0.3, 0.4) is 0 Å². The molecule has 1 saturated carbocycles. The highest BCUT2D eigenvalue weighted by Crippen LogP contribution is 2.54. The van der Waals surface area contributed by atoms with E-state index in [0.717, 1.165) is 6.42 Å². The molecular formula is C25H34N4O11S. The molecule has 0 saturated heterocycles. The monoisotopic (exact) mass is 598 g/mol. The van der Waals surface area contributed by atoms with Crippen LogP contribution < -0.4 is 16.8 Å². The van der Waals surface area contributed by atoms with Crippen molar-refractivity contribution in [3.8, 4) is 5.75 Å². The fourth-order valence-electron chi connectivity index (χ4n) is 5.83. The summed E-state index contributed by atoms with van der Waals surface area (Å²) in [6.07, 6.45) is 1.01. The number of anilines is 2. The number of nitrogen functional groups attached to an aromatic ring is 1. The summed E-state index contributed by atoms with van der Waals surface area (Å²) >= 11 is 0. The second-order valence-corrected chi connectivity index (χ2v) is 11.5. The number of primary amides is 1. The van der Waals surface area contributed by atoms with Gasteiger partial charge in [0.05, 0.1) is 17.3 Å². The number of carbonyl (C=O) groups excluding carboxylic acids is 3. The summed E-state index contributed by atoms with van der Waals surface area (Å²) in [6.45, 7) is 3.95. The molecule has 5 atom stereocenters. The lowest BCUT2D eigenvalue weighted by atomic mass is 9.57. The van der Waals surface area contributed by atoms with E-state index < -0.39 is 74.2 Å². The van der Waals surface area contributed by atoms with Gasteiger partial charge in [0.25, 0.3) is 5.91 Å². The minimum absolute atomic E-state index is 0.0142. The highest BCUT2D eigenvalue weighted by atomic mass is 32.3. The number of Topliss-reactive ketones (excluding diaryl/α,β-unsaturated/α-hetero) is 2. The molecular weight excluding hydrogens is 564 g/mol. The van der Waals surface area contributed by atoms with Gasteiger partial charge in [0, 0.05) is 23.2 Å². The van der Waals surface area contributed by atoms with Crippen LogP contribution >= 0.6 is 0 Å². The number of aliphatic hydroxyl groups is 3. The normalized spacial score (nSPS) is 26.5. The number of nitrogens with zero attached hydrogens (tertiary/aromatic N) is 1. The van der Waals surface area contributed by atoms with Gasteiger partial charge in [0.2, 0.25) is 5.78 Å². The number of nitrogens with two attached hydrogens (primary N) is 2.